The highest BCUT2D eigenvalue weighted by Gasteiger charge is 2.15. The zero-order chi connectivity index (χ0) is 20.5. The van der Waals surface area contributed by atoms with Crippen LogP contribution in [0, 0.1) is 10.1 Å². The van der Waals surface area contributed by atoms with Gasteiger partial charge in [-0.05, 0) is 24.3 Å². The molecule has 0 atom stereocenters. The highest BCUT2D eigenvalue weighted by molar-refractivity contribution is 5.92. The van der Waals surface area contributed by atoms with Crippen molar-refractivity contribution in [2.75, 3.05) is 18.5 Å². The van der Waals surface area contributed by atoms with Gasteiger partial charge in [-0.1, -0.05) is 24.3 Å². The fourth-order valence-corrected chi connectivity index (χ4v) is 3.32. The predicted octanol–water partition coefficient (Wildman–Crippen LogP) is 4.72. The summed E-state index contributed by atoms with van der Waals surface area (Å²) in [6, 6.07) is 19.5. The molecule has 4 aromatic rings. The predicted molar refractivity (Wildman–Crippen MR) is 112 cm³/mol. The summed E-state index contributed by atoms with van der Waals surface area (Å²) in [4.78, 5) is 20.0. The van der Waals surface area contributed by atoms with E-state index in [0.29, 0.717) is 41.9 Å². The molecular weight excluding hydrogens is 384 g/mol. The second kappa shape index (κ2) is 7.32. The van der Waals surface area contributed by atoms with E-state index >= 15 is 0 Å². The number of nitrogens with one attached hydrogen (secondary N) is 1. The normalized spacial score (nSPS) is 12.5. The molecule has 8 heteroatoms. The molecule has 0 fully saturated rings. The maximum atomic E-state index is 11.2. The third-order valence-corrected chi connectivity index (χ3v) is 4.72. The van der Waals surface area contributed by atoms with Crippen LogP contribution in [-0.4, -0.2) is 28.1 Å². The van der Waals surface area contributed by atoms with Gasteiger partial charge < -0.3 is 14.8 Å². The van der Waals surface area contributed by atoms with Gasteiger partial charge in [0.2, 0.25) is 0 Å². The molecule has 0 aliphatic carbocycles. The van der Waals surface area contributed by atoms with E-state index in [4.69, 9.17) is 9.47 Å². The van der Waals surface area contributed by atoms with Gasteiger partial charge in [-0.2, -0.15) is 0 Å². The first-order chi connectivity index (χ1) is 14.7. The van der Waals surface area contributed by atoms with E-state index < -0.39 is 4.92 Å². The number of non-ortho nitro benzene ring substituents is 1. The van der Waals surface area contributed by atoms with E-state index in [1.54, 1.807) is 12.1 Å². The Hall–Kier alpha value is -4.20. The number of hydrogen-bond donors (Lipinski definition) is 1. The molecule has 1 aliphatic rings. The number of fused-ring (bicyclic) bond motifs is 2. The average molecular weight is 400 g/mol. The Labute approximate surface area is 171 Å². The van der Waals surface area contributed by atoms with Gasteiger partial charge in [-0.3, -0.25) is 10.1 Å². The number of ether oxygens (including phenoxy) is 2. The van der Waals surface area contributed by atoms with Crippen molar-refractivity contribution >= 4 is 28.1 Å². The molecule has 0 unspecified atom stereocenters. The smallest absolute Gasteiger partial charge is 0.270 e. The standard InChI is InChI=1S/C22H16N4O4/c27-26(28)16-5-3-4-14(12-16)21-24-18-7-2-1-6-17(18)22(25-21)23-15-8-9-19-20(13-15)30-11-10-29-19/h1-9,12-13H,10-11H2,(H,23,24,25). The summed E-state index contributed by atoms with van der Waals surface area (Å²) < 4.78 is 11.2. The number of nitro benzene ring substituents is 1. The van der Waals surface area contributed by atoms with Crippen LogP contribution in [0.25, 0.3) is 22.3 Å². The van der Waals surface area contributed by atoms with Crippen LogP contribution in [-0.2, 0) is 0 Å². The summed E-state index contributed by atoms with van der Waals surface area (Å²) in [5.74, 6) is 2.37. The number of aromatic nitrogens is 2. The van der Waals surface area contributed by atoms with E-state index in [1.165, 1.54) is 12.1 Å². The number of hydrogen-bond acceptors (Lipinski definition) is 7. The van der Waals surface area contributed by atoms with E-state index in [0.717, 1.165) is 16.6 Å². The Morgan fingerprint density at radius 1 is 0.900 bits per heavy atom. The molecule has 8 nitrogen and oxygen atoms in total. The first-order valence-electron chi connectivity index (χ1n) is 9.36. The third kappa shape index (κ3) is 3.35. The van der Waals surface area contributed by atoms with Crippen LogP contribution in [0.1, 0.15) is 0 Å². The first-order valence-corrected chi connectivity index (χ1v) is 9.36. The van der Waals surface area contributed by atoms with E-state index in [1.807, 2.05) is 42.5 Å². The van der Waals surface area contributed by atoms with Crippen molar-refractivity contribution in [3.8, 4) is 22.9 Å². The Morgan fingerprint density at radius 2 is 1.73 bits per heavy atom. The van der Waals surface area contributed by atoms with Gasteiger partial charge in [0.15, 0.2) is 17.3 Å². The zero-order valence-electron chi connectivity index (χ0n) is 15.7. The van der Waals surface area contributed by atoms with Crippen LogP contribution in [0.3, 0.4) is 0 Å². The lowest BCUT2D eigenvalue weighted by Gasteiger charge is -2.19. The van der Waals surface area contributed by atoms with Crippen molar-refractivity contribution in [2.24, 2.45) is 0 Å². The Kier molecular flexibility index (Phi) is 4.36. The summed E-state index contributed by atoms with van der Waals surface area (Å²) in [7, 11) is 0. The second-order valence-corrected chi connectivity index (χ2v) is 6.70. The van der Waals surface area contributed by atoms with Crippen molar-refractivity contribution in [1.82, 2.24) is 9.97 Å². The molecule has 148 valence electrons. The molecule has 5 rings (SSSR count). The fourth-order valence-electron chi connectivity index (χ4n) is 3.32. The quantitative estimate of drug-likeness (QED) is 0.391. The SMILES string of the molecule is O=[N+]([O-])c1cccc(-c2nc(Nc3ccc4c(c3)OCCO4)c3ccccc3n2)c1. The Bertz CT molecular complexity index is 1280. The average Bonchev–Trinajstić information content (AvgIpc) is 2.79. The number of para-hydroxylation sites is 1. The maximum Gasteiger partial charge on any atom is 0.270 e. The van der Waals surface area contributed by atoms with Gasteiger partial charge in [0, 0.05) is 34.8 Å². The van der Waals surface area contributed by atoms with Gasteiger partial charge in [0.25, 0.3) is 5.69 Å². The summed E-state index contributed by atoms with van der Waals surface area (Å²) in [6.07, 6.45) is 0. The van der Waals surface area contributed by atoms with Crippen LogP contribution in [0.15, 0.2) is 66.7 Å². The van der Waals surface area contributed by atoms with Crippen molar-refractivity contribution in [1.29, 1.82) is 0 Å². The van der Waals surface area contributed by atoms with E-state index in [2.05, 4.69) is 15.3 Å². The van der Waals surface area contributed by atoms with Crippen molar-refractivity contribution < 1.29 is 14.4 Å². The van der Waals surface area contributed by atoms with Crippen LogP contribution >= 0.6 is 0 Å². The molecule has 3 aromatic carbocycles. The lowest BCUT2D eigenvalue weighted by atomic mass is 10.1. The van der Waals surface area contributed by atoms with Crippen molar-refractivity contribution in [2.45, 2.75) is 0 Å². The number of benzene rings is 3. The van der Waals surface area contributed by atoms with Crippen LogP contribution in [0.4, 0.5) is 17.2 Å². The minimum Gasteiger partial charge on any atom is -0.486 e. The van der Waals surface area contributed by atoms with Gasteiger partial charge >= 0.3 is 0 Å². The van der Waals surface area contributed by atoms with E-state index in [9.17, 15) is 10.1 Å². The van der Waals surface area contributed by atoms with Gasteiger partial charge in [-0.15, -0.1) is 0 Å². The van der Waals surface area contributed by atoms with E-state index in [-0.39, 0.29) is 5.69 Å². The van der Waals surface area contributed by atoms with Crippen LogP contribution in [0.2, 0.25) is 0 Å². The minimum absolute atomic E-state index is 0.00870. The molecule has 0 saturated heterocycles. The lowest BCUT2D eigenvalue weighted by molar-refractivity contribution is -0.384. The second-order valence-electron chi connectivity index (χ2n) is 6.70. The molecule has 1 N–H and O–H groups in total. The van der Waals surface area contributed by atoms with Crippen LogP contribution < -0.4 is 14.8 Å². The molecule has 2 heterocycles. The number of rotatable bonds is 4. The number of nitro groups is 1. The number of anilines is 2. The Balaban J connectivity index is 1.59. The first kappa shape index (κ1) is 17.9. The molecule has 0 radical (unpaired) electrons. The van der Waals surface area contributed by atoms with Crippen molar-refractivity contribution in [3.05, 3.63) is 76.8 Å². The lowest BCUT2D eigenvalue weighted by Crippen LogP contribution is -2.15. The number of nitrogens with zero attached hydrogens (tertiary/aromatic N) is 3. The van der Waals surface area contributed by atoms with Gasteiger partial charge in [-0.25, -0.2) is 9.97 Å². The van der Waals surface area contributed by atoms with Crippen molar-refractivity contribution in [3.63, 3.8) is 0 Å². The van der Waals surface area contributed by atoms with Gasteiger partial charge in [0.05, 0.1) is 10.4 Å². The topological polar surface area (TPSA) is 99.4 Å². The molecule has 1 aromatic heterocycles. The zero-order valence-corrected chi connectivity index (χ0v) is 15.7. The largest absolute Gasteiger partial charge is 0.486 e. The summed E-state index contributed by atoms with van der Waals surface area (Å²) in [5.41, 5.74) is 2.08. The third-order valence-electron chi connectivity index (χ3n) is 4.72. The van der Waals surface area contributed by atoms with Crippen LogP contribution in [0.5, 0.6) is 11.5 Å². The molecular formula is C22H16N4O4. The fraction of sp³-hybridized carbons (Fsp3) is 0.0909. The molecule has 0 bridgehead atoms. The molecule has 0 saturated carbocycles. The minimum atomic E-state index is -0.432. The highest BCUT2D eigenvalue weighted by atomic mass is 16.6. The monoisotopic (exact) mass is 400 g/mol. The molecule has 30 heavy (non-hydrogen) atoms. The molecule has 0 amide bonds. The Morgan fingerprint density at radius 3 is 2.60 bits per heavy atom. The van der Waals surface area contributed by atoms with Gasteiger partial charge in [0.1, 0.15) is 19.0 Å². The molecule has 0 spiro atoms. The highest BCUT2D eigenvalue weighted by Crippen LogP contribution is 2.35. The molecule has 1 aliphatic heterocycles. The summed E-state index contributed by atoms with van der Waals surface area (Å²) in [5, 5.41) is 15.3. The maximum absolute atomic E-state index is 11.2. The summed E-state index contributed by atoms with van der Waals surface area (Å²) >= 11 is 0. The summed E-state index contributed by atoms with van der Waals surface area (Å²) in [6.45, 7) is 1.03.